The Morgan fingerprint density at radius 1 is 1.29 bits per heavy atom. The molecule has 0 aliphatic heterocycles. The van der Waals surface area contributed by atoms with E-state index in [1.807, 2.05) is 6.92 Å². The number of amides is 1. The minimum atomic E-state index is -0.283. The van der Waals surface area contributed by atoms with Crippen molar-refractivity contribution in [2.75, 3.05) is 19.4 Å². The summed E-state index contributed by atoms with van der Waals surface area (Å²) in [4.78, 5) is 14.9. The summed E-state index contributed by atoms with van der Waals surface area (Å²) in [5, 5.41) is 16.1. The normalized spacial score (nSPS) is 13.7. The van der Waals surface area contributed by atoms with Crippen LogP contribution in [-0.4, -0.2) is 50.1 Å². The molecule has 0 bridgehead atoms. The lowest BCUT2D eigenvalue weighted by atomic mass is 10.2. The Hall–Kier alpha value is -1.87. The van der Waals surface area contributed by atoms with Crippen LogP contribution < -0.4 is 5.32 Å². The van der Waals surface area contributed by atoms with Gasteiger partial charge in [-0.2, -0.15) is 0 Å². The van der Waals surface area contributed by atoms with Gasteiger partial charge in [0, 0.05) is 12.6 Å². The Kier molecular flexibility index (Phi) is 8.50. The fraction of sp³-hybridized carbons (Fsp3) is 0.684. The standard InChI is InChI=1S/C19H32N6O2S/c1-7-10-11-25-17(14(8-2)24(5)6)21-22-19(25)28-15(9-3)18(26)20-16-12-13(4)27-23-16/h12,14-15H,7-11H2,1-6H3,(H,20,23,26). The minimum absolute atomic E-state index is 0.105. The number of nitrogens with one attached hydrogen (secondary N) is 1. The predicted molar refractivity (Wildman–Crippen MR) is 111 cm³/mol. The van der Waals surface area contributed by atoms with Crippen molar-refractivity contribution < 1.29 is 9.32 Å². The van der Waals surface area contributed by atoms with Crippen molar-refractivity contribution in [1.29, 1.82) is 0 Å². The molecule has 9 heteroatoms. The molecule has 28 heavy (non-hydrogen) atoms. The molecule has 1 N–H and O–H groups in total. The molecule has 0 saturated heterocycles. The average Bonchev–Trinajstić information content (AvgIpc) is 3.24. The van der Waals surface area contributed by atoms with Gasteiger partial charge in [-0.1, -0.05) is 44.1 Å². The molecule has 2 atom stereocenters. The maximum Gasteiger partial charge on any atom is 0.239 e. The number of hydrogen-bond donors (Lipinski definition) is 1. The fourth-order valence-electron chi connectivity index (χ4n) is 3.02. The number of unbranched alkanes of at least 4 members (excludes halogenated alkanes) is 1. The van der Waals surface area contributed by atoms with Crippen molar-refractivity contribution in [3.05, 3.63) is 17.7 Å². The van der Waals surface area contributed by atoms with Gasteiger partial charge in [0.05, 0.1) is 11.3 Å². The van der Waals surface area contributed by atoms with Crippen LogP contribution in [0.2, 0.25) is 0 Å². The third kappa shape index (κ3) is 5.57. The van der Waals surface area contributed by atoms with Crippen LogP contribution in [0.25, 0.3) is 0 Å². The first kappa shape index (κ1) is 22.4. The lowest BCUT2D eigenvalue weighted by molar-refractivity contribution is -0.115. The molecular weight excluding hydrogens is 376 g/mol. The SMILES string of the molecule is CCCCn1c(SC(CC)C(=O)Nc2cc(C)on2)nnc1C(CC)N(C)C. The molecule has 1 amide bonds. The Bertz CT molecular complexity index is 757. The fourth-order valence-corrected chi connectivity index (χ4v) is 4.01. The summed E-state index contributed by atoms with van der Waals surface area (Å²) in [5.41, 5.74) is 0. The highest BCUT2D eigenvalue weighted by molar-refractivity contribution is 8.00. The van der Waals surface area contributed by atoms with E-state index in [-0.39, 0.29) is 17.2 Å². The van der Waals surface area contributed by atoms with E-state index in [2.05, 4.69) is 58.1 Å². The lowest BCUT2D eigenvalue weighted by Crippen LogP contribution is -2.26. The number of nitrogens with zero attached hydrogens (tertiary/aromatic N) is 5. The molecule has 0 aromatic carbocycles. The quantitative estimate of drug-likeness (QED) is 0.564. The Morgan fingerprint density at radius 3 is 2.57 bits per heavy atom. The van der Waals surface area contributed by atoms with Crippen LogP contribution in [0.3, 0.4) is 0 Å². The topological polar surface area (TPSA) is 89.1 Å². The van der Waals surface area contributed by atoms with Gasteiger partial charge in [0.15, 0.2) is 16.8 Å². The van der Waals surface area contributed by atoms with E-state index in [0.717, 1.165) is 36.8 Å². The Morgan fingerprint density at radius 2 is 2.04 bits per heavy atom. The molecule has 0 aliphatic carbocycles. The third-order valence-electron chi connectivity index (χ3n) is 4.58. The Balaban J connectivity index is 2.21. The summed E-state index contributed by atoms with van der Waals surface area (Å²) in [5.74, 6) is 1.96. The van der Waals surface area contributed by atoms with Crippen LogP contribution in [0.15, 0.2) is 15.7 Å². The molecule has 0 radical (unpaired) electrons. The molecule has 2 aromatic rings. The van der Waals surface area contributed by atoms with Crippen molar-refractivity contribution in [2.24, 2.45) is 0 Å². The van der Waals surface area contributed by atoms with Gasteiger partial charge in [0.25, 0.3) is 0 Å². The van der Waals surface area contributed by atoms with Crippen molar-refractivity contribution in [1.82, 2.24) is 24.8 Å². The van der Waals surface area contributed by atoms with Gasteiger partial charge in [-0.15, -0.1) is 10.2 Å². The van der Waals surface area contributed by atoms with E-state index in [4.69, 9.17) is 4.52 Å². The van der Waals surface area contributed by atoms with Crippen LogP contribution in [0.4, 0.5) is 5.82 Å². The molecule has 0 saturated carbocycles. The monoisotopic (exact) mass is 408 g/mol. The average molecular weight is 409 g/mol. The molecule has 0 fully saturated rings. The summed E-state index contributed by atoms with van der Waals surface area (Å²) < 4.78 is 7.20. The van der Waals surface area contributed by atoms with E-state index >= 15 is 0 Å². The van der Waals surface area contributed by atoms with Gasteiger partial charge in [0.2, 0.25) is 5.91 Å². The van der Waals surface area contributed by atoms with Gasteiger partial charge in [0.1, 0.15) is 5.76 Å². The van der Waals surface area contributed by atoms with E-state index < -0.39 is 0 Å². The van der Waals surface area contributed by atoms with E-state index in [1.54, 1.807) is 13.0 Å². The molecule has 8 nitrogen and oxygen atoms in total. The summed E-state index contributed by atoms with van der Waals surface area (Å²) in [6.45, 7) is 8.96. The van der Waals surface area contributed by atoms with Crippen molar-refractivity contribution in [3.8, 4) is 0 Å². The number of hydrogen-bond acceptors (Lipinski definition) is 7. The predicted octanol–water partition coefficient (Wildman–Crippen LogP) is 3.90. The first-order chi connectivity index (χ1) is 13.4. The maximum atomic E-state index is 12.7. The van der Waals surface area contributed by atoms with Gasteiger partial charge < -0.3 is 14.4 Å². The smallest absolute Gasteiger partial charge is 0.239 e. The molecule has 2 unspecified atom stereocenters. The number of aromatic nitrogens is 4. The third-order valence-corrected chi connectivity index (χ3v) is 5.92. The van der Waals surface area contributed by atoms with E-state index in [0.29, 0.717) is 18.0 Å². The highest BCUT2D eigenvalue weighted by atomic mass is 32.2. The van der Waals surface area contributed by atoms with Crippen LogP contribution in [0, 0.1) is 6.92 Å². The minimum Gasteiger partial charge on any atom is -0.360 e. The maximum absolute atomic E-state index is 12.7. The zero-order chi connectivity index (χ0) is 20.7. The summed E-state index contributed by atoms with van der Waals surface area (Å²) in [7, 11) is 4.12. The number of rotatable bonds is 11. The number of aryl methyl sites for hydroxylation is 1. The van der Waals surface area contributed by atoms with Crippen LogP contribution in [0.5, 0.6) is 0 Å². The molecule has 2 heterocycles. The zero-order valence-corrected chi connectivity index (χ0v) is 18.5. The van der Waals surface area contributed by atoms with Gasteiger partial charge in [-0.05, 0) is 40.3 Å². The molecular formula is C19H32N6O2S. The highest BCUT2D eigenvalue weighted by Gasteiger charge is 2.26. The van der Waals surface area contributed by atoms with Crippen LogP contribution >= 0.6 is 11.8 Å². The summed E-state index contributed by atoms with van der Waals surface area (Å²) in [6, 6.07) is 1.91. The molecule has 0 aliphatic rings. The number of carbonyl (C=O) groups excluding carboxylic acids is 1. The van der Waals surface area contributed by atoms with E-state index in [1.165, 1.54) is 11.8 Å². The van der Waals surface area contributed by atoms with Crippen LogP contribution in [0.1, 0.15) is 64.1 Å². The second-order valence-electron chi connectivity index (χ2n) is 7.06. The van der Waals surface area contributed by atoms with Crippen LogP contribution in [-0.2, 0) is 11.3 Å². The van der Waals surface area contributed by atoms with E-state index in [9.17, 15) is 4.79 Å². The van der Waals surface area contributed by atoms with Gasteiger partial charge in [-0.3, -0.25) is 9.69 Å². The largest absolute Gasteiger partial charge is 0.360 e. The Labute approximate surface area is 171 Å². The first-order valence-electron chi connectivity index (χ1n) is 9.91. The summed E-state index contributed by atoms with van der Waals surface area (Å²) in [6.07, 6.45) is 3.76. The molecule has 156 valence electrons. The number of thioether (sulfide) groups is 1. The van der Waals surface area contributed by atoms with Crippen molar-refractivity contribution in [3.63, 3.8) is 0 Å². The second-order valence-corrected chi connectivity index (χ2v) is 8.23. The molecule has 0 spiro atoms. The number of anilines is 1. The second kappa shape index (κ2) is 10.6. The highest BCUT2D eigenvalue weighted by Crippen LogP contribution is 2.29. The molecule has 2 rings (SSSR count). The summed E-state index contributed by atoms with van der Waals surface area (Å²) >= 11 is 1.46. The zero-order valence-electron chi connectivity index (χ0n) is 17.7. The van der Waals surface area contributed by atoms with Gasteiger partial charge >= 0.3 is 0 Å². The lowest BCUT2D eigenvalue weighted by Gasteiger charge is -2.23. The number of carbonyl (C=O) groups is 1. The van der Waals surface area contributed by atoms with Crippen molar-refractivity contribution >= 4 is 23.5 Å². The van der Waals surface area contributed by atoms with Crippen molar-refractivity contribution in [2.45, 2.75) is 76.4 Å². The van der Waals surface area contributed by atoms with Gasteiger partial charge in [-0.25, -0.2) is 0 Å². The molecule has 2 aromatic heterocycles. The first-order valence-corrected chi connectivity index (χ1v) is 10.8.